The predicted octanol–water partition coefficient (Wildman–Crippen LogP) is 2.70. The van der Waals surface area contributed by atoms with Gasteiger partial charge in [0.25, 0.3) is 0 Å². The Labute approximate surface area is 118 Å². The fourth-order valence-corrected chi connectivity index (χ4v) is 2.00. The number of hydrogen-bond donors (Lipinski definition) is 1. The van der Waals surface area contributed by atoms with Crippen LogP contribution < -0.4 is 5.73 Å². The molecule has 3 rings (SSSR count). The van der Waals surface area contributed by atoms with E-state index in [1.165, 1.54) is 10.7 Å². The molecule has 0 aliphatic carbocycles. The van der Waals surface area contributed by atoms with Gasteiger partial charge in [-0.3, -0.25) is 0 Å². The van der Waals surface area contributed by atoms with Crippen LogP contribution in [0.15, 0.2) is 42.5 Å². The largest absolute Gasteiger partial charge is 0.398 e. The molecule has 0 spiro atoms. The van der Waals surface area contributed by atoms with Gasteiger partial charge in [-0.1, -0.05) is 23.7 Å². The summed E-state index contributed by atoms with van der Waals surface area (Å²) in [6.45, 7) is 0. The molecule has 0 aliphatic heterocycles. The molecule has 0 fully saturated rings. The zero-order chi connectivity index (χ0) is 14.1. The summed E-state index contributed by atoms with van der Waals surface area (Å²) >= 11 is 5.98. The highest BCUT2D eigenvalue weighted by atomic mass is 35.5. The van der Waals surface area contributed by atoms with E-state index in [4.69, 9.17) is 17.3 Å². The second-order valence-electron chi connectivity index (χ2n) is 4.10. The van der Waals surface area contributed by atoms with Crippen LogP contribution in [0.25, 0.3) is 17.1 Å². The van der Waals surface area contributed by atoms with Crippen LogP contribution in [0.4, 0.5) is 10.1 Å². The molecule has 0 aliphatic rings. The number of anilines is 1. The summed E-state index contributed by atoms with van der Waals surface area (Å²) in [6.07, 6.45) is 0. The van der Waals surface area contributed by atoms with Gasteiger partial charge in [-0.25, -0.2) is 4.39 Å². The van der Waals surface area contributed by atoms with Gasteiger partial charge in [-0.15, -0.1) is 5.10 Å². The first-order valence-electron chi connectivity index (χ1n) is 5.75. The Morgan fingerprint density at radius 3 is 2.70 bits per heavy atom. The van der Waals surface area contributed by atoms with Crippen molar-refractivity contribution in [2.75, 3.05) is 5.73 Å². The highest BCUT2D eigenvalue weighted by Gasteiger charge is 2.14. The Morgan fingerprint density at radius 2 is 1.95 bits per heavy atom. The standard InChI is InChI=1S/C13H9ClFN5/c14-9-7-8(5-6-11(9)16)13-17-18-19-20(13)12-4-2-1-3-10(12)15/h1-7H,16H2. The maximum absolute atomic E-state index is 13.8. The first-order valence-corrected chi connectivity index (χ1v) is 6.13. The molecule has 1 aromatic heterocycles. The topological polar surface area (TPSA) is 69.6 Å². The molecule has 0 saturated carbocycles. The van der Waals surface area contributed by atoms with Crippen molar-refractivity contribution in [1.29, 1.82) is 0 Å². The maximum Gasteiger partial charge on any atom is 0.187 e. The van der Waals surface area contributed by atoms with Gasteiger partial charge in [0.15, 0.2) is 5.82 Å². The number of tetrazole rings is 1. The number of nitrogens with zero attached hydrogens (tertiary/aromatic N) is 4. The van der Waals surface area contributed by atoms with Crippen LogP contribution in [0.3, 0.4) is 0 Å². The molecule has 0 unspecified atom stereocenters. The Morgan fingerprint density at radius 1 is 1.15 bits per heavy atom. The normalized spacial score (nSPS) is 10.7. The summed E-state index contributed by atoms with van der Waals surface area (Å²) in [6, 6.07) is 11.3. The summed E-state index contributed by atoms with van der Waals surface area (Å²) in [5, 5.41) is 11.7. The van der Waals surface area contributed by atoms with Gasteiger partial charge in [-0.05, 0) is 40.8 Å². The molecule has 0 amide bonds. The molecule has 100 valence electrons. The van der Waals surface area contributed by atoms with Gasteiger partial charge in [0.05, 0.1) is 10.7 Å². The van der Waals surface area contributed by atoms with E-state index in [2.05, 4.69) is 15.5 Å². The number of aromatic nitrogens is 4. The fraction of sp³-hybridized carbons (Fsp3) is 0. The van der Waals surface area contributed by atoms with Crippen molar-refractivity contribution in [3.05, 3.63) is 53.3 Å². The number of nitrogens with two attached hydrogens (primary N) is 1. The number of hydrogen-bond acceptors (Lipinski definition) is 4. The summed E-state index contributed by atoms with van der Waals surface area (Å²) in [5.41, 5.74) is 7.04. The van der Waals surface area contributed by atoms with Crippen molar-refractivity contribution in [2.24, 2.45) is 0 Å². The van der Waals surface area contributed by atoms with Crippen LogP contribution in [0, 0.1) is 5.82 Å². The zero-order valence-corrected chi connectivity index (χ0v) is 10.9. The lowest BCUT2D eigenvalue weighted by atomic mass is 10.2. The highest BCUT2D eigenvalue weighted by Crippen LogP contribution is 2.27. The summed E-state index contributed by atoms with van der Waals surface area (Å²) in [4.78, 5) is 0. The predicted molar refractivity (Wildman–Crippen MR) is 74.0 cm³/mol. The van der Waals surface area contributed by atoms with Gasteiger partial charge < -0.3 is 5.73 Å². The minimum absolute atomic E-state index is 0.264. The van der Waals surface area contributed by atoms with Gasteiger partial charge in [0.1, 0.15) is 11.5 Å². The SMILES string of the molecule is Nc1ccc(-c2nnnn2-c2ccccc2F)cc1Cl. The molecule has 2 aromatic carbocycles. The van der Waals surface area contributed by atoms with Crippen molar-refractivity contribution in [3.63, 3.8) is 0 Å². The lowest BCUT2D eigenvalue weighted by Gasteiger charge is -2.06. The highest BCUT2D eigenvalue weighted by molar-refractivity contribution is 6.33. The van der Waals surface area contributed by atoms with E-state index < -0.39 is 5.82 Å². The Hall–Kier alpha value is -2.47. The van der Waals surface area contributed by atoms with E-state index in [1.54, 1.807) is 36.4 Å². The van der Waals surface area contributed by atoms with Crippen molar-refractivity contribution < 1.29 is 4.39 Å². The molecule has 0 atom stereocenters. The van der Waals surface area contributed by atoms with E-state index in [1.807, 2.05) is 0 Å². The average molecular weight is 290 g/mol. The molecule has 0 bridgehead atoms. The van der Waals surface area contributed by atoms with Crippen molar-refractivity contribution >= 4 is 17.3 Å². The van der Waals surface area contributed by atoms with Crippen molar-refractivity contribution in [3.8, 4) is 17.1 Å². The summed E-state index contributed by atoms with van der Waals surface area (Å²) < 4.78 is 15.1. The number of para-hydroxylation sites is 1. The van der Waals surface area contributed by atoms with Gasteiger partial charge in [-0.2, -0.15) is 4.68 Å². The van der Waals surface area contributed by atoms with Gasteiger partial charge >= 0.3 is 0 Å². The fourth-order valence-electron chi connectivity index (χ4n) is 1.82. The van der Waals surface area contributed by atoms with Crippen molar-refractivity contribution in [1.82, 2.24) is 20.2 Å². The second-order valence-corrected chi connectivity index (χ2v) is 4.51. The number of halogens is 2. The Balaban J connectivity index is 2.15. The van der Waals surface area contributed by atoms with Crippen molar-refractivity contribution in [2.45, 2.75) is 0 Å². The van der Waals surface area contributed by atoms with E-state index in [0.717, 1.165) is 0 Å². The van der Waals surface area contributed by atoms with Crippen LogP contribution in [-0.2, 0) is 0 Å². The molecule has 0 saturated heterocycles. The summed E-state index contributed by atoms with van der Waals surface area (Å²) in [7, 11) is 0. The first kappa shape index (κ1) is 12.6. The smallest absolute Gasteiger partial charge is 0.187 e. The van der Waals surface area contributed by atoms with E-state index >= 15 is 0 Å². The quantitative estimate of drug-likeness (QED) is 0.736. The molecule has 20 heavy (non-hydrogen) atoms. The zero-order valence-electron chi connectivity index (χ0n) is 10.2. The number of benzene rings is 2. The maximum atomic E-state index is 13.8. The lowest BCUT2D eigenvalue weighted by Crippen LogP contribution is -2.02. The van der Waals surface area contributed by atoms with Crippen LogP contribution in [-0.4, -0.2) is 20.2 Å². The van der Waals surface area contributed by atoms with Gasteiger partial charge in [0, 0.05) is 5.56 Å². The molecule has 2 N–H and O–H groups in total. The van der Waals surface area contributed by atoms with Crippen LogP contribution in [0.2, 0.25) is 5.02 Å². The molecular formula is C13H9ClFN5. The minimum atomic E-state index is -0.414. The van der Waals surface area contributed by atoms with E-state index in [9.17, 15) is 4.39 Å². The number of rotatable bonds is 2. The average Bonchev–Trinajstić information content (AvgIpc) is 2.91. The third kappa shape index (κ3) is 2.10. The monoisotopic (exact) mass is 289 g/mol. The molecule has 1 heterocycles. The van der Waals surface area contributed by atoms with Crippen LogP contribution in [0.1, 0.15) is 0 Å². The Kier molecular flexibility index (Phi) is 3.08. The molecule has 3 aromatic rings. The first-order chi connectivity index (χ1) is 9.66. The minimum Gasteiger partial charge on any atom is -0.398 e. The third-order valence-corrected chi connectivity index (χ3v) is 3.14. The lowest BCUT2D eigenvalue weighted by molar-refractivity contribution is 0.608. The molecule has 5 nitrogen and oxygen atoms in total. The Bertz CT molecular complexity index is 771. The second kappa shape index (κ2) is 4.90. The molecule has 7 heteroatoms. The molecular weight excluding hydrogens is 281 g/mol. The third-order valence-electron chi connectivity index (χ3n) is 2.81. The van der Waals surface area contributed by atoms with E-state index in [-0.39, 0.29) is 5.69 Å². The van der Waals surface area contributed by atoms with Crippen LogP contribution >= 0.6 is 11.6 Å². The van der Waals surface area contributed by atoms with Gasteiger partial charge in [0.2, 0.25) is 0 Å². The molecule has 0 radical (unpaired) electrons. The summed E-state index contributed by atoms with van der Waals surface area (Å²) in [5.74, 6) is -0.0282. The number of nitrogen functional groups attached to an aromatic ring is 1. The van der Waals surface area contributed by atoms with Crippen LogP contribution in [0.5, 0.6) is 0 Å². The van der Waals surface area contributed by atoms with E-state index in [0.29, 0.717) is 22.1 Å².